The number of nitro groups is 1. The molecule has 0 aliphatic rings. The van der Waals surface area contributed by atoms with Crippen LogP contribution in [0.1, 0.15) is 6.92 Å². The molecule has 0 aliphatic heterocycles. The van der Waals surface area contributed by atoms with Gasteiger partial charge in [-0.15, -0.1) is 0 Å². The van der Waals surface area contributed by atoms with Gasteiger partial charge in [0.25, 0.3) is 0 Å². The molecule has 7 heteroatoms. The fraction of sp³-hybridized carbons (Fsp3) is 0.300. The van der Waals surface area contributed by atoms with E-state index in [1.807, 2.05) is 6.07 Å². The molecule has 2 N–H and O–H groups in total. The van der Waals surface area contributed by atoms with E-state index in [0.29, 0.717) is 4.47 Å². The van der Waals surface area contributed by atoms with E-state index >= 15 is 0 Å². The average molecular weight is 300 g/mol. The van der Waals surface area contributed by atoms with Crippen LogP contribution in [0, 0.1) is 21.4 Å². The molecule has 0 aromatic heterocycles. The number of rotatable bonds is 4. The minimum atomic E-state index is -1.19. The summed E-state index contributed by atoms with van der Waals surface area (Å²) in [6.45, 7) is 1.35. The second-order valence-electron chi connectivity index (χ2n) is 3.66. The number of para-hydroxylation sites is 1. The molecule has 1 rings (SSSR count). The first-order valence-electron chi connectivity index (χ1n) is 4.63. The molecule has 90 valence electrons. The van der Waals surface area contributed by atoms with Crippen LogP contribution in [0.3, 0.4) is 0 Å². The second kappa shape index (κ2) is 5.12. The van der Waals surface area contributed by atoms with Crippen LogP contribution in [0.4, 0.5) is 5.69 Å². The molecule has 1 aromatic carbocycles. The molecular weight excluding hydrogens is 290 g/mol. The van der Waals surface area contributed by atoms with E-state index in [2.05, 4.69) is 15.9 Å². The summed E-state index contributed by atoms with van der Waals surface area (Å²) in [5, 5.41) is 19.5. The molecule has 0 amide bonds. The Morgan fingerprint density at radius 3 is 2.88 bits per heavy atom. The number of nitrogens with two attached hydrogens (primary N) is 1. The molecular formula is C10H10BrN3O3. The smallest absolute Gasteiger partial charge is 0.312 e. The fourth-order valence-corrected chi connectivity index (χ4v) is 1.51. The van der Waals surface area contributed by atoms with Gasteiger partial charge in [-0.3, -0.25) is 10.1 Å². The first-order chi connectivity index (χ1) is 7.87. The van der Waals surface area contributed by atoms with Crippen molar-refractivity contribution >= 4 is 21.6 Å². The van der Waals surface area contributed by atoms with Gasteiger partial charge in [0.05, 0.1) is 15.5 Å². The SMILES string of the molecule is CC(N)(C#N)COc1c(Br)cccc1[N+](=O)[O-]. The summed E-state index contributed by atoms with van der Waals surface area (Å²) in [6, 6.07) is 6.31. The highest BCUT2D eigenvalue weighted by Crippen LogP contribution is 2.34. The Morgan fingerprint density at radius 2 is 2.35 bits per heavy atom. The van der Waals surface area contributed by atoms with Crippen LogP contribution in [0.25, 0.3) is 0 Å². The molecule has 0 bridgehead atoms. The van der Waals surface area contributed by atoms with Crippen molar-refractivity contribution < 1.29 is 9.66 Å². The van der Waals surface area contributed by atoms with Gasteiger partial charge in [-0.25, -0.2) is 0 Å². The summed E-state index contributed by atoms with van der Waals surface area (Å²) in [7, 11) is 0. The number of nitro benzene ring substituents is 1. The summed E-state index contributed by atoms with van der Waals surface area (Å²) < 4.78 is 5.69. The van der Waals surface area contributed by atoms with Gasteiger partial charge in [0.2, 0.25) is 5.75 Å². The van der Waals surface area contributed by atoms with E-state index in [-0.39, 0.29) is 18.0 Å². The molecule has 1 aromatic rings. The third kappa shape index (κ3) is 3.41. The largest absolute Gasteiger partial charge is 0.483 e. The van der Waals surface area contributed by atoms with Crippen LogP contribution in [-0.4, -0.2) is 17.1 Å². The van der Waals surface area contributed by atoms with Crippen molar-refractivity contribution in [2.45, 2.75) is 12.5 Å². The fourth-order valence-electron chi connectivity index (χ4n) is 1.04. The Hall–Kier alpha value is -1.65. The topological polar surface area (TPSA) is 102 Å². The number of hydrogen-bond acceptors (Lipinski definition) is 5. The Balaban J connectivity index is 2.99. The first-order valence-corrected chi connectivity index (χ1v) is 5.42. The van der Waals surface area contributed by atoms with E-state index in [0.717, 1.165) is 0 Å². The molecule has 0 saturated carbocycles. The van der Waals surface area contributed by atoms with Crippen molar-refractivity contribution in [2.24, 2.45) is 5.73 Å². The van der Waals surface area contributed by atoms with Crippen LogP contribution in [-0.2, 0) is 0 Å². The Kier molecular flexibility index (Phi) is 4.04. The zero-order valence-electron chi connectivity index (χ0n) is 9.01. The van der Waals surface area contributed by atoms with Crippen molar-refractivity contribution in [3.05, 3.63) is 32.8 Å². The van der Waals surface area contributed by atoms with Crippen molar-refractivity contribution in [3.8, 4) is 11.8 Å². The van der Waals surface area contributed by atoms with Gasteiger partial charge in [-0.1, -0.05) is 6.07 Å². The number of nitrogens with zero attached hydrogens (tertiary/aromatic N) is 2. The Bertz CT molecular complexity index is 482. The number of ether oxygens (including phenoxy) is 1. The lowest BCUT2D eigenvalue weighted by Crippen LogP contribution is -2.40. The standard InChI is InChI=1S/C10H10BrN3O3/c1-10(13,5-12)6-17-9-7(11)3-2-4-8(9)14(15)16/h2-4H,6,13H2,1H3. The van der Waals surface area contributed by atoms with Crippen molar-refractivity contribution in [1.29, 1.82) is 5.26 Å². The van der Waals surface area contributed by atoms with Crippen LogP contribution in [0.5, 0.6) is 5.75 Å². The van der Waals surface area contributed by atoms with Crippen LogP contribution >= 0.6 is 15.9 Å². The van der Waals surface area contributed by atoms with Gasteiger partial charge < -0.3 is 10.5 Å². The van der Waals surface area contributed by atoms with Gasteiger partial charge >= 0.3 is 5.69 Å². The van der Waals surface area contributed by atoms with Crippen molar-refractivity contribution in [3.63, 3.8) is 0 Å². The Morgan fingerprint density at radius 1 is 1.71 bits per heavy atom. The molecule has 0 fully saturated rings. The van der Waals surface area contributed by atoms with Gasteiger partial charge in [-0.2, -0.15) is 5.26 Å². The van der Waals surface area contributed by atoms with E-state index in [9.17, 15) is 10.1 Å². The maximum atomic E-state index is 10.8. The maximum absolute atomic E-state index is 10.8. The molecule has 0 aliphatic carbocycles. The molecule has 1 unspecified atom stereocenters. The van der Waals surface area contributed by atoms with E-state index in [1.165, 1.54) is 19.1 Å². The quantitative estimate of drug-likeness (QED) is 0.676. The van der Waals surface area contributed by atoms with Gasteiger partial charge in [-0.05, 0) is 28.9 Å². The maximum Gasteiger partial charge on any atom is 0.312 e. The normalized spacial score (nSPS) is 13.5. The lowest BCUT2D eigenvalue weighted by molar-refractivity contribution is -0.386. The average Bonchev–Trinajstić information content (AvgIpc) is 2.27. The van der Waals surface area contributed by atoms with Crippen molar-refractivity contribution in [2.75, 3.05) is 6.61 Å². The Labute approximate surface area is 106 Å². The predicted octanol–water partition coefficient (Wildman–Crippen LogP) is 1.98. The van der Waals surface area contributed by atoms with Gasteiger partial charge in [0, 0.05) is 6.07 Å². The minimum Gasteiger partial charge on any atom is -0.483 e. The molecule has 1 atom stereocenters. The minimum absolute atomic E-state index is 0.0735. The first kappa shape index (κ1) is 13.4. The predicted molar refractivity (Wildman–Crippen MR) is 64.5 cm³/mol. The van der Waals surface area contributed by atoms with E-state index in [1.54, 1.807) is 6.07 Å². The second-order valence-corrected chi connectivity index (χ2v) is 4.52. The van der Waals surface area contributed by atoms with Crippen molar-refractivity contribution in [1.82, 2.24) is 0 Å². The highest BCUT2D eigenvalue weighted by molar-refractivity contribution is 9.10. The van der Waals surface area contributed by atoms with E-state index in [4.69, 9.17) is 15.7 Å². The number of benzene rings is 1. The monoisotopic (exact) mass is 299 g/mol. The highest BCUT2D eigenvalue weighted by atomic mass is 79.9. The van der Waals surface area contributed by atoms with Crippen LogP contribution in [0.15, 0.2) is 22.7 Å². The van der Waals surface area contributed by atoms with Crippen LogP contribution in [0.2, 0.25) is 0 Å². The molecule has 0 heterocycles. The summed E-state index contributed by atoms with van der Waals surface area (Å²) in [4.78, 5) is 10.2. The zero-order valence-corrected chi connectivity index (χ0v) is 10.6. The summed E-state index contributed by atoms with van der Waals surface area (Å²) >= 11 is 3.15. The lowest BCUT2D eigenvalue weighted by atomic mass is 10.1. The third-order valence-electron chi connectivity index (χ3n) is 1.91. The number of hydrogen-bond donors (Lipinski definition) is 1. The third-order valence-corrected chi connectivity index (χ3v) is 2.54. The zero-order chi connectivity index (χ0) is 13.1. The number of nitriles is 1. The molecule has 0 spiro atoms. The summed E-state index contributed by atoms with van der Waals surface area (Å²) in [6.07, 6.45) is 0. The van der Waals surface area contributed by atoms with Crippen LogP contribution < -0.4 is 10.5 Å². The summed E-state index contributed by atoms with van der Waals surface area (Å²) in [5.74, 6) is 0.0735. The molecule has 17 heavy (non-hydrogen) atoms. The highest BCUT2D eigenvalue weighted by Gasteiger charge is 2.23. The van der Waals surface area contributed by atoms with E-state index < -0.39 is 10.5 Å². The summed E-state index contributed by atoms with van der Waals surface area (Å²) in [5.41, 5.74) is 4.20. The molecule has 6 nitrogen and oxygen atoms in total. The number of halogens is 1. The van der Waals surface area contributed by atoms with Gasteiger partial charge in [0.15, 0.2) is 0 Å². The molecule has 0 saturated heterocycles. The molecule has 0 radical (unpaired) electrons. The van der Waals surface area contributed by atoms with Gasteiger partial charge in [0.1, 0.15) is 12.1 Å². The lowest BCUT2D eigenvalue weighted by Gasteiger charge is -2.16.